The van der Waals surface area contributed by atoms with Gasteiger partial charge in [0, 0.05) is 16.9 Å². The van der Waals surface area contributed by atoms with Crippen LogP contribution in [0.2, 0.25) is 5.02 Å². The van der Waals surface area contributed by atoms with Crippen molar-refractivity contribution >= 4 is 29.6 Å². The minimum Gasteiger partial charge on any atom is -0.490 e. The third kappa shape index (κ3) is 4.21. The zero-order chi connectivity index (χ0) is 28.1. The molecule has 1 heterocycles. The third-order valence-electron chi connectivity index (χ3n) is 8.32. The highest BCUT2D eigenvalue weighted by atomic mass is 35.5. The molecule has 2 atom stereocenters. The first-order valence-electron chi connectivity index (χ1n) is 13.8. The topological polar surface area (TPSA) is 68.2 Å². The molecular formula is C34H27ClN2O4. The van der Waals surface area contributed by atoms with Crippen molar-refractivity contribution in [2.75, 3.05) is 6.61 Å². The maximum atomic E-state index is 13.8. The molecule has 204 valence electrons. The first-order chi connectivity index (χ1) is 20.0. The summed E-state index contributed by atoms with van der Waals surface area (Å²) in [6, 6.07) is 29.3. The Morgan fingerprint density at radius 1 is 0.756 bits per heavy atom. The van der Waals surface area contributed by atoms with Gasteiger partial charge in [-0.05, 0) is 70.6 Å². The fraction of sp³-hybridized carbons (Fsp3) is 0.206. The summed E-state index contributed by atoms with van der Waals surface area (Å²) in [6.45, 7) is 2.71. The summed E-state index contributed by atoms with van der Waals surface area (Å²) < 4.78 is 11.8. The fourth-order valence-corrected chi connectivity index (χ4v) is 6.76. The molecule has 0 unspecified atom stereocenters. The number of ether oxygens (including phenoxy) is 2. The van der Waals surface area contributed by atoms with Crippen molar-refractivity contribution < 1.29 is 19.1 Å². The second-order valence-corrected chi connectivity index (χ2v) is 11.0. The third-order valence-corrected chi connectivity index (χ3v) is 8.57. The monoisotopic (exact) mass is 562 g/mol. The molecule has 4 aliphatic rings. The molecule has 3 aliphatic carbocycles. The van der Waals surface area contributed by atoms with Crippen LogP contribution in [0.25, 0.3) is 0 Å². The number of halogens is 1. The minimum absolute atomic E-state index is 0.157. The summed E-state index contributed by atoms with van der Waals surface area (Å²) in [4.78, 5) is 27.6. The summed E-state index contributed by atoms with van der Waals surface area (Å²) in [6.07, 6.45) is 1.54. The molecule has 1 fully saturated rings. The van der Waals surface area contributed by atoms with E-state index in [9.17, 15) is 9.59 Å². The van der Waals surface area contributed by atoms with Crippen LogP contribution >= 0.6 is 11.6 Å². The summed E-state index contributed by atoms with van der Waals surface area (Å²) in [5.41, 5.74) is 6.23. The molecule has 7 heteroatoms. The molecule has 1 aliphatic heterocycles. The molecule has 8 rings (SSSR count). The van der Waals surface area contributed by atoms with Crippen molar-refractivity contribution in [3.8, 4) is 11.5 Å². The molecule has 4 aromatic rings. The molecule has 6 nitrogen and oxygen atoms in total. The molecule has 2 amide bonds. The molecule has 2 bridgehead atoms. The van der Waals surface area contributed by atoms with Crippen molar-refractivity contribution in [3.05, 3.63) is 129 Å². The van der Waals surface area contributed by atoms with Gasteiger partial charge in [-0.1, -0.05) is 72.3 Å². The summed E-state index contributed by atoms with van der Waals surface area (Å²) in [5.74, 6) is -0.584. The predicted molar refractivity (Wildman–Crippen MR) is 156 cm³/mol. The first-order valence-corrected chi connectivity index (χ1v) is 14.2. The average Bonchev–Trinajstić information content (AvgIpc) is 3.26. The predicted octanol–water partition coefficient (Wildman–Crippen LogP) is 6.54. The van der Waals surface area contributed by atoms with Gasteiger partial charge < -0.3 is 9.47 Å². The lowest BCUT2D eigenvalue weighted by Gasteiger charge is -2.45. The molecule has 0 N–H and O–H groups in total. The van der Waals surface area contributed by atoms with Crippen LogP contribution in [-0.4, -0.2) is 29.6 Å². The van der Waals surface area contributed by atoms with Crippen LogP contribution in [-0.2, 0) is 16.2 Å². The van der Waals surface area contributed by atoms with E-state index in [-0.39, 0.29) is 23.7 Å². The van der Waals surface area contributed by atoms with Gasteiger partial charge in [0.15, 0.2) is 11.5 Å². The highest BCUT2D eigenvalue weighted by Gasteiger charge is 2.61. The highest BCUT2D eigenvalue weighted by molar-refractivity contribution is 6.30. The zero-order valence-corrected chi connectivity index (χ0v) is 23.1. The van der Waals surface area contributed by atoms with Crippen molar-refractivity contribution in [3.63, 3.8) is 0 Å². The van der Waals surface area contributed by atoms with E-state index in [2.05, 4.69) is 29.4 Å². The number of hydrazone groups is 1. The van der Waals surface area contributed by atoms with Crippen molar-refractivity contribution in [2.45, 2.75) is 25.4 Å². The van der Waals surface area contributed by atoms with Gasteiger partial charge in [-0.2, -0.15) is 10.1 Å². The van der Waals surface area contributed by atoms with E-state index in [1.165, 1.54) is 0 Å². The molecule has 0 spiro atoms. The largest absolute Gasteiger partial charge is 0.490 e. The number of carbonyl (C=O) groups excluding carboxylic acids is 2. The Morgan fingerprint density at radius 2 is 1.32 bits per heavy atom. The van der Waals surface area contributed by atoms with Crippen molar-refractivity contribution in [1.82, 2.24) is 5.01 Å². The number of amides is 2. The number of benzene rings is 4. The minimum atomic E-state index is -0.461. The van der Waals surface area contributed by atoms with E-state index in [4.69, 9.17) is 21.1 Å². The summed E-state index contributed by atoms with van der Waals surface area (Å²) in [5, 5.41) is 6.19. The molecule has 0 saturated carbocycles. The second kappa shape index (κ2) is 10.2. The van der Waals surface area contributed by atoms with E-state index in [1.54, 1.807) is 12.3 Å². The van der Waals surface area contributed by atoms with Crippen LogP contribution in [0.3, 0.4) is 0 Å². The van der Waals surface area contributed by atoms with Crippen LogP contribution in [0.5, 0.6) is 11.5 Å². The Labute approximate surface area is 243 Å². The lowest BCUT2D eigenvalue weighted by Crippen LogP contribution is -2.41. The van der Waals surface area contributed by atoms with Crippen molar-refractivity contribution in [2.24, 2.45) is 16.9 Å². The summed E-state index contributed by atoms with van der Waals surface area (Å²) >= 11 is 5.98. The number of rotatable bonds is 7. The van der Waals surface area contributed by atoms with Crippen molar-refractivity contribution in [1.29, 1.82) is 0 Å². The van der Waals surface area contributed by atoms with Gasteiger partial charge in [-0.3, -0.25) is 9.59 Å². The Bertz CT molecular complexity index is 1580. The average molecular weight is 563 g/mol. The molecule has 4 aromatic carbocycles. The maximum Gasteiger partial charge on any atom is 0.254 e. The van der Waals surface area contributed by atoms with E-state index in [0.29, 0.717) is 35.3 Å². The number of imide groups is 1. The van der Waals surface area contributed by atoms with E-state index < -0.39 is 11.8 Å². The Morgan fingerprint density at radius 3 is 1.85 bits per heavy atom. The van der Waals surface area contributed by atoms with Gasteiger partial charge >= 0.3 is 0 Å². The van der Waals surface area contributed by atoms with Crippen LogP contribution in [0, 0.1) is 11.8 Å². The molecule has 0 radical (unpaired) electrons. The molecular weight excluding hydrogens is 536 g/mol. The van der Waals surface area contributed by atoms with Gasteiger partial charge in [0.2, 0.25) is 0 Å². The Kier molecular flexibility index (Phi) is 6.36. The quantitative estimate of drug-likeness (QED) is 0.189. The Balaban J connectivity index is 1.16. The van der Waals surface area contributed by atoms with Gasteiger partial charge in [0.1, 0.15) is 6.61 Å². The molecule has 1 saturated heterocycles. The zero-order valence-electron chi connectivity index (χ0n) is 22.4. The van der Waals surface area contributed by atoms with Crippen LogP contribution in [0.15, 0.2) is 96.1 Å². The van der Waals surface area contributed by atoms with E-state index in [1.807, 2.05) is 67.6 Å². The standard InChI is InChI=1S/C34H27ClN2O4/c1-2-40-28-17-21(13-16-27(28)41-19-20-11-14-22(35)15-12-20)18-36-37-33(38)31-29-23-7-3-4-8-24(23)30(32(31)34(37)39)26-10-6-5-9-25(26)29/h3-18,29-32H,2,19H2,1H3/b36-18-/t29?,30?,31-,32-/m0/s1. The van der Waals surface area contributed by atoms with Gasteiger partial charge in [0.25, 0.3) is 11.8 Å². The second-order valence-electron chi connectivity index (χ2n) is 10.6. The van der Waals surface area contributed by atoms with Crippen LogP contribution in [0.4, 0.5) is 0 Å². The van der Waals surface area contributed by atoms with Gasteiger partial charge in [-0.25, -0.2) is 0 Å². The fourth-order valence-electron chi connectivity index (χ4n) is 6.63. The first kappa shape index (κ1) is 25.5. The van der Waals surface area contributed by atoms with Crippen LogP contribution in [0.1, 0.15) is 52.1 Å². The summed E-state index contributed by atoms with van der Waals surface area (Å²) in [7, 11) is 0. The lowest BCUT2D eigenvalue weighted by molar-refractivity contribution is -0.139. The smallest absolute Gasteiger partial charge is 0.254 e. The maximum absolute atomic E-state index is 13.8. The number of hydrogen-bond donors (Lipinski definition) is 0. The normalized spacial score (nSPS) is 22.0. The van der Waals surface area contributed by atoms with E-state index >= 15 is 0 Å². The van der Waals surface area contributed by atoms with E-state index in [0.717, 1.165) is 32.8 Å². The Hall–Kier alpha value is -4.42. The number of hydrogen-bond acceptors (Lipinski definition) is 5. The highest BCUT2D eigenvalue weighted by Crippen LogP contribution is 2.60. The molecule has 41 heavy (non-hydrogen) atoms. The number of carbonyl (C=O) groups is 2. The van der Waals surface area contributed by atoms with Gasteiger partial charge in [0.05, 0.1) is 24.7 Å². The molecule has 0 aromatic heterocycles. The SMILES string of the molecule is CCOc1cc(/C=N\N2C(=O)[C@H]3C4c5ccccc5C(c5ccccc54)[C@@H]3C2=O)ccc1OCc1ccc(Cl)cc1. The lowest BCUT2D eigenvalue weighted by atomic mass is 9.55. The number of nitrogens with zero attached hydrogens (tertiary/aromatic N) is 2. The van der Waals surface area contributed by atoms with Gasteiger partial charge in [-0.15, -0.1) is 0 Å². The van der Waals surface area contributed by atoms with Crippen LogP contribution < -0.4 is 9.47 Å².